The maximum Gasteiger partial charge on any atom is 0.0642 e. The average Bonchev–Trinajstić information content (AvgIpc) is 1.62. The van der Waals surface area contributed by atoms with Crippen LogP contribution in [-0.4, -0.2) is 0 Å². The highest BCUT2D eigenvalue weighted by Gasteiger charge is 2.09. The monoisotopic (exact) mass is 125 g/mol. The molecule has 1 nitrogen and oxygen atoms in total. The number of hydrogen-bond acceptors (Lipinski definition) is 1. The Labute approximate surface area is 52.3 Å². The van der Waals surface area contributed by atoms with Crippen molar-refractivity contribution in [1.82, 2.24) is 0 Å². The van der Waals surface area contributed by atoms with E-state index in [0.29, 0.717) is 0 Å². The Kier molecular flexibility index (Phi) is 0.619. The highest BCUT2D eigenvalue weighted by atomic mass is 35.5. The van der Waals surface area contributed by atoms with Gasteiger partial charge >= 0.3 is 0 Å². The van der Waals surface area contributed by atoms with Gasteiger partial charge in [-0.25, -0.2) is 0 Å². The van der Waals surface area contributed by atoms with Crippen LogP contribution in [0.15, 0.2) is 18.2 Å². The fraction of sp³-hybridized carbons (Fsp3) is 0. The van der Waals surface area contributed by atoms with Crippen molar-refractivity contribution in [1.29, 1.82) is 0 Å². The van der Waals surface area contributed by atoms with Crippen LogP contribution in [0.3, 0.4) is 0 Å². The van der Waals surface area contributed by atoms with Crippen LogP contribution in [-0.2, 0) is 0 Å². The fourth-order valence-corrected chi connectivity index (χ4v) is 0.941. The Morgan fingerprint density at radius 2 is 2.12 bits per heavy atom. The van der Waals surface area contributed by atoms with Gasteiger partial charge in [0.2, 0.25) is 0 Å². The predicted molar refractivity (Wildman–Crippen MR) is 34.7 cm³/mol. The van der Waals surface area contributed by atoms with Crippen LogP contribution in [0.4, 0.5) is 11.4 Å². The molecule has 0 aliphatic carbocycles. The molecule has 40 valence electrons. The fourth-order valence-electron chi connectivity index (χ4n) is 0.777. The summed E-state index contributed by atoms with van der Waals surface area (Å²) >= 11 is 5.69. The van der Waals surface area contributed by atoms with Gasteiger partial charge in [-0.2, -0.15) is 0 Å². The second kappa shape index (κ2) is 1.17. The molecule has 3 rings (SSSR count). The van der Waals surface area contributed by atoms with Crippen LogP contribution in [0.25, 0.3) is 0 Å². The lowest BCUT2D eigenvalue weighted by atomic mass is 10.2. The molecule has 0 aromatic heterocycles. The summed E-state index contributed by atoms with van der Waals surface area (Å²) in [4.78, 5) is 0. The summed E-state index contributed by atoms with van der Waals surface area (Å²) in [5.74, 6) is 0. The zero-order valence-electron chi connectivity index (χ0n) is 4.11. The second-order valence-electron chi connectivity index (χ2n) is 1.82. The minimum absolute atomic E-state index is 0.806. The molecular weight excluding hydrogens is 122 g/mol. The van der Waals surface area contributed by atoms with Crippen molar-refractivity contribution in [3.05, 3.63) is 23.2 Å². The lowest BCUT2D eigenvalue weighted by molar-refractivity contribution is 1.47. The first-order valence-electron chi connectivity index (χ1n) is 2.43. The van der Waals surface area contributed by atoms with Gasteiger partial charge in [0.05, 0.1) is 10.7 Å². The summed E-state index contributed by atoms with van der Waals surface area (Å²) in [5.41, 5.74) is 2.20. The summed E-state index contributed by atoms with van der Waals surface area (Å²) in [5, 5.41) is 3.86. The quantitative estimate of drug-likeness (QED) is 0.570. The molecular formula is C6H4ClN. The van der Waals surface area contributed by atoms with Crippen LogP contribution in [0.1, 0.15) is 0 Å². The van der Waals surface area contributed by atoms with Gasteiger partial charge in [-0.3, -0.25) is 0 Å². The average molecular weight is 126 g/mol. The summed E-state index contributed by atoms with van der Waals surface area (Å²) < 4.78 is 0. The number of benzene rings is 1. The van der Waals surface area contributed by atoms with Gasteiger partial charge in [-0.15, -0.1) is 0 Å². The van der Waals surface area contributed by atoms with Gasteiger partial charge in [0.25, 0.3) is 0 Å². The van der Waals surface area contributed by atoms with E-state index in [-0.39, 0.29) is 0 Å². The van der Waals surface area contributed by atoms with E-state index < -0.39 is 0 Å². The molecule has 2 aliphatic rings. The van der Waals surface area contributed by atoms with Crippen LogP contribution in [0.5, 0.6) is 0 Å². The molecule has 0 atom stereocenters. The van der Waals surface area contributed by atoms with Gasteiger partial charge in [0.15, 0.2) is 0 Å². The number of hydrogen-bond donors (Lipinski definition) is 1. The first kappa shape index (κ1) is 4.21. The van der Waals surface area contributed by atoms with Gasteiger partial charge in [-0.05, 0) is 18.2 Å². The summed E-state index contributed by atoms with van der Waals surface area (Å²) in [7, 11) is 0. The van der Waals surface area contributed by atoms with Crippen molar-refractivity contribution < 1.29 is 0 Å². The van der Waals surface area contributed by atoms with E-state index in [1.165, 1.54) is 0 Å². The summed E-state index contributed by atoms with van der Waals surface area (Å²) in [6.45, 7) is 0. The molecule has 8 heavy (non-hydrogen) atoms. The largest absolute Gasteiger partial charge is 0.354 e. The number of fused-ring (bicyclic) bond motifs is 2. The molecule has 1 aromatic rings. The van der Waals surface area contributed by atoms with Crippen molar-refractivity contribution in [3.63, 3.8) is 0 Å². The van der Waals surface area contributed by atoms with Crippen molar-refractivity contribution in [2.24, 2.45) is 0 Å². The van der Waals surface area contributed by atoms with E-state index in [1.54, 1.807) is 0 Å². The molecule has 0 radical (unpaired) electrons. The third-order valence-electron chi connectivity index (χ3n) is 1.25. The van der Waals surface area contributed by atoms with E-state index in [1.807, 2.05) is 18.2 Å². The van der Waals surface area contributed by atoms with Crippen LogP contribution < -0.4 is 5.32 Å². The zero-order valence-corrected chi connectivity index (χ0v) is 4.87. The lowest BCUT2D eigenvalue weighted by Crippen LogP contribution is -1.99. The van der Waals surface area contributed by atoms with Crippen LogP contribution in [0.2, 0.25) is 5.02 Å². The summed E-state index contributed by atoms with van der Waals surface area (Å²) in [6, 6.07) is 5.86. The standard InChI is InChI=1S/C6H4ClN/c7-5-2-1-4-3-6(5)8-4/h1-3,8H. The topological polar surface area (TPSA) is 12.0 Å². The third kappa shape index (κ3) is 0.371. The molecule has 1 N–H and O–H groups in total. The van der Waals surface area contributed by atoms with Gasteiger partial charge in [0.1, 0.15) is 0 Å². The Bertz CT molecular complexity index is 223. The normalized spacial score (nSPS) is 12.1. The molecule has 0 fully saturated rings. The van der Waals surface area contributed by atoms with Crippen LogP contribution >= 0.6 is 11.6 Å². The molecule has 0 saturated carbocycles. The molecule has 0 spiro atoms. The second-order valence-corrected chi connectivity index (χ2v) is 2.23. The Morgan fingerprint density at radius 3 is 2.38 bits per heavy atom. The predicted octanol–water partition coefficient (Wildman–Crippen LogP) is 2.40. The van der Waals surface area contributed by atoms with Crippen molar-refractivity contribution in [2.45, 2.75) is 0 Å². The number of rotatable bonds is 0. The van der Waals surface area contributed by atoms with E-state index in [0.717, 1.165) is 16.4 Å². The molecule has 2 heterocycles. The first-order chi connectivity index (χ1) is 3.86. The van der Waals surface area contributed by atoms with E-state index in [2.05, 4.69) is 5.32 Å². The van der Waals surface area contributed by atoms with Crippen molar-refractivity contribution in [2.75, 3.05) is 5.32 Å². The number of anilines is 2. The third-order valence-corrected chi connectivity index (χ3v) is 1.57. The van der Waals surface area contributed by atoms with Gasteiger partial charge in [0, 0.05) is 5.69 Å². The SMILES string of the molecule is Clc1ccc2cc1N2. The highest BCUT2D eigenvalue weighted by Crippen LogP contribution is 2.35. The summed E-state index contributed by atoms with van der Waals surface area (Å²) in [6.07, 6.45) is 0. The first-order valence-corrected chi connectivity index (χ1v) is 2.80. The van der Waals surface area contributed by atoms with Gasteiger partial charge < -0.3 is 5.32 Å². The van der Waals surface area contributed by atoms with Gasteiger partial charge in [-0.1, -0.05) is 11.6 Å². The lowest BCUT2D eigenvalue weighted by Gasteiger charge is -2.17. The van der Waals surface area contributed by atoms with E-state index in [4.69, 9.17) is 11.6 Å². The number of nitrogens with one attached hydrogen (secondary N) is 1. The maximum absolute atomic E-state index is 5.69. The number of halogens is 1. The van der Waals surface area contributed by atoms with Crippen LogP contribution in [0, 0.1) is 0 Å². The minimum Gasteiger partial charge on any atom is -0.354 e. The molecule has 1 aromatic carbocycles. The van der Waals surface area contributed by atoms with E-state index >= 15 is 0 Å². The molecule has 2 bridgehead atoms. The van der Waals surface area contributed by atoms with Crippen molar-refractivity contribution in [3.8, 4) is 0 Å². The Morgan fingerprint density at radius 1 is 1.38 bits per heavy atom. The Balaban J connectivity index is 2.72. The van der Waals surface area contributed by atoms with E-state index in [9.17, 15) is 0 Å². The molecule has 0 saturated heterocycles. The highest BCUT2D eigenvalue weighted by molar-refractivity contribution is 6.34. The maximum atomic E-state index is 5.69. The molecule has 0 unspecified atom stereocenters. The minimum atomic E-state index is 0.806. The van der Waals surface area contributed by atoms with Crippen molar-refractivity contribution >= 4 is 23.0 Å². The zero-order chi connectivity index (χ0) is 5.56. The molecule has 2 heteroatoms. The molecule has 2 aliphatic heterocycles. The Hall–Kier alpha value is -0.690. The smallest absolute Gasteiger partial charge is 0.0642 e. The molecule has 0 amide bonds.